The summed E-state index contributed by atoms with van der Waals surface area (Å²) in [5, 5.41) is 65.8. The number of rotatable bonds is 17. The summed E-state index contributed by atoms with van der Waals surface area (Å²) < 4.78 is 61.1. The number of aliphatic hydroxyl groups excluding tert-OH is 3. The molecule has 0 radical (unpaired) electrons. The number of pyridine rings is 1. The van der Waals surface area contributed by atoms with Crippen LogP contribution < -0.4 is 0 Å². The predicted molar refractivity (Wildman–Crippen MR) is 286 cm³/mol. The number of carbonyl (C=O) groups excluding carboxylic acids is 1. The van der Waals surface area contributed by atoms with E-state index in [9.17, 15) is 34.7 Å². The number of halogens is 1. The van der Waals surface area contributed by atoms with Gasteiger partial charge < -0.3 is 68.5 Å². The lowest BCUT2D eigenvalue weighted by Gasteiger charge is -2.48. The third-order valence-electron chi connectivity index (χ3n) is 17.0. The van der Waals surface area contributed by atoms with Crippen LogP contribution in [0.15, 0.2) is 48.8 Å². The Labute approximate surface area is 455 Å². The molecule has 0 spiro atoms. The second-order valence-electron chi connectivity index (χ2n) is 23.2. The zero-order valence-electron chi connectivity index (χ0n) is 48.0. The van der Waals surface area contributed by atoms with Crippen LogP contribution in [0.3, 0.4) is 0 Å². The lowest BCUT2D eigenvalue weighted by molar-refractivity contribution is -0.308. The number of aliphatic hydroxyl groups is 5. The topological polar surface area (TPSA) is 233 Å². The van der Waals surface area contributed by atoms with Crippen molar-refractivity contribution < 1.29 is 67.9 Å². The van der Waals surface area contributed by atoms with Gasteiger partial charge in [0.2, 0.25) is 0 Å². The van der Waals surface area contributed by atoms with Gasteiger partial charge in [-0.05, 0) is 105 Å². The molecule has 0 unspecified atom stereocenters. The van der Waals surface area contributed by atoms with E-state index in [2.05, 4.69) is 20.2 Å². The van der Waals surface area contributed by atoms with Crippen molar-refractivity contribution in [2.24, 2.45) is 17.8 Å². The zero-order valence-corrected chi connectivity index (χ0v) is 48.0. The quantitative estimate of drug-likeness (QED) is 0.104. The van der Waals surface area contributed by atoms with Crippen molar-refractivity contribution in [3.63, 3.8) is 0 Å². The van der Waals surface area contributed by atoms with Crippen LogP contribution in [0.25, 0.3) is 11.1 Å². The first kappa shape index (κ1) is 62.6. The van der Waals surface area contributed by atoms with Gasteiger partial charge in [-0.2, -0.15) is 0 Å². The molecular weight excluding hydrogens is 996 g/mol. The van der Waals surface area contributed by atoms with E-state index in [1.54, 1.807) is 60.2 Å². The average molecular weight is 1090 g/mol. The molecule has 434 valence electrons. The summed E-state index contributed by atoms with van der Waals surface area (Å²) in [6.07, 6.45) is -3.02. The van der Waals surface area contributed by atoms with Crippen molar-refractivity contribution in [3.8, 4) is 11.1 Å². The maximum atomic E-state index is 15.0. The number of hydrogen-bond acceptors (Lipinski definition) is 18. The largest absolute Gasteiger partial charge is 0.459 e. The van der Waals surface area contributed by atoms with Crippen molar-refractivity contribution >= 4 is 5.97 Å². The van der Waals surface area contributed by atoms with E-state index in [0.717, 1.165) is 16.7 Å². The molecule has 5 N–H and O–H groups in total. The Morgan fingerprint density at radius 2 is 1.60 bits per heavy atom. The first-order valence-corrected chi connectivity index (χ1v) is 27.5. The third-order valence-corrected chi connectivity index (χ3v) is 17.0. The van der Waals surface area contributed by atoms with Gasteiger partial charge in [0.1, 0.15) is 42.7 Å². The summed E-state index contributed by atoms with van der Waals surface area (Å²) in [5.74, 6) is -2.59. The number of alkyl halides is 1. The second-order valence-corrected chi connectivity index (χ2v) is 23.2. The molecule has 20 heteroatoms. The fraction of sp³-hybridized carbons (Fsp3) is 0.754. The molecule has 3 fully saturated rings. The lowest BCUT2D eigenvalue weighted by Crippen LogP contribution is -2.59. The Hall–Kier alpha value is -3.61. The molecule has 1 aromatic carbocycles. The molecule has 0 bridgehead atoms. The minimum atomic E-state index is -1.83. The molecule has 5 heterocycles. The van der Waals surface area contributed by atoms with Gasteiger partial charge >= 0.3 is 5.97 Å². The van der Waals surface area contributed by atoms with Crippen molar-refractivity contribution in [1.29, 1.82) is 0 Å². The number of likely N-dealkylation sites (N-methyl/N-ethyl adjacent to an activating group) is 2. The highest BCUT2D eigenvalue weighted by Crippen LogP contribution is 2.41. The Morgan fingerprint density at radius 1 is 0.909 bits per heavy atom. The summed E-state index contributed by atoms with van der Waals surface area (Å²) in [6.45, 7) is 18.0. The predicted octanol–water partition coefficient (Wildman–Crippen LogP) is 5.59. The summed E-state index contributed by atoms with van der Waals surface area (Å²) in [6, 6.07) is 9.96. The van der Waals surface area contributed by atoms with Gasteiger partial charge in [-0.15, -0.1) is 5.10 Å². The Kier molecular flexibility index (Phi) is 21.8. The van der Waals surface area contributed by atoms with E-state index < -0.39 is 109 Å². The van der Waals surface area contributed by atoms with Gasteiger partial charge in [-0.25, -0.2) is 9.07 Å². The van der Waals surface area contributed by atoms with Crippen LogP contribution in [0.1, 0.15) is 130 Å². The van der Waals surface area contributed by atoms with E-state index in [1.807, 2.05) is 77.0 Å². The summed E-state index contributed by atoms with van der Waals surface area (Å²) in [4.78, 5) is 23.0. The molecule has 0 aliphatic carbocycles. The molecule has 77 heavy (non-hydrogen) atoms. The van der Waals surface area contributed by atoms with Crippen LogP contribution in [0.2, 0.25) is 0 Å². The van der Waals surface area contributed by atoms with Crippen LogP contribution in [0, 0.1) is 17.8 Å². The molecule has 6 rings (SSSR count). The monoisotopic (exact) mass is 1090 g/mol. The second kappa shape index (κ2) is 26.8. The standard InChI is InChI=1S/C57H91FN6O13/c1-15-46-57(10,70)51(66)37(6)63(12)30-33(2)26-55(8,69)53(35(4)49(36(5)54(68)75-46)76-48-27-56(9,72-14)52(67)38(7)74-48)77-47-25-44(24-34(3)73-47)62(11)23-22-42-31-64(61-60-42)45(28-58)50(71-13)40-18-16-39(17-19-40)41-20-21-43(32-65)59-29-41/h16-21,29,31,33-38,44-53,65-67,69-70H,15,22-28,30,32H2,1-14H3/t33-,34-,35+,36-,37-,38+,44+,45-,46-,47+,48+,49+,50-,51-,52+,53-,55-,56-,57-/m1/s1. The molecule has 2 aromatic heterocycles. The van der Waals surface area contributed by atoms with Crippen molar-refractivity contribution in [1.82, 2.24) is 29.8 Å². The number of esters is 1. The molecule has 19 nitrogen and oxygen atoms in total. The minimum absolute atomic E-state index is 0.0281. The maximum Gasteiger partial charge on any atom is 0.311 e. The average Bonchev–Trinajstić information content (AvgIpc) is 3.88. The normalized spacial score (nSPS) is 37.2. The molecule has 3 saturated heterocycles. The number of cyclic esters (lactones) is 1. The Balaban J connectivity index is 1.22. The van der Waals surface area contributed by atoms with Gasteiger partial charge in [0.05, 0.1) is 59.5 Å². The molecule has 0 saturated carbocycles. The molecule has 3 aromatic rings. The molecule has 3 aliphatic rings. The fourth-order valence-electron chi connectivity index (χ4n) is 12.0. The van der Waals surface area contributed by atoms with Gasteiger partial charge in [0, 0.05) is 82.5 Å². The molecule has 3 aliphatic heterocycles. The molecule has 19 atom stereocenters. The summed E-state index contributed by atoms with van der Waals surface area (Å²) in [5.41, 5.74) is -0.583. The Bertz CT molecular complexity index is 2300. The van der Waals surface area contributed by atoms with E-state index in [1.165, 1.54) is 18.7 Å². The first-order valence-electron chi connectivity index (χ1n) is 27.5. The van der Waals surface area contributed by atoms with Crippen LogP contribution in [-0.2, 0) is 51.0 Å². The summed E-state index contributed by atoms with van der Waals surface area (Å²) in [7, 11) is 6.95. The number of nitrogens with zero attached hydrogens (tertiary/aromatic N) is 6. The number of benzene rings is 1. The Morgan fingerprint density at radius 3 is 2.21 bits per heavy atom. The van der Waals surface area contributed by atoms with E-state index >= 15 is 0 Å². The SMILES string of the molecule is CC[C@H]1OC(=O)[C@H](C)[C@@H](O[C@H]2C[C@@](C)(OC)[C@@H](O)[C@H](C)O2)[C@H](C)[C@@H](O[C@H]2C[C@@H](N(C)CCc3cn([C@H](CF)[C@H](OC)c4ccc(-c5ccc(CO)nc5)cc4)nn3)C[C@@H](C)O2)[C@](C)(O)C[C@@H](C)CN(C)[C@H](C)[C@@H](O)[C@]1(C)O. The van der Waals surface area contributed by atoms with Gasteiger partial charge in [-0.3, -0.25) is 9.78 Å². The number of hydrogen-bond donors (Lipinski definition) is 5. The molecular formula is C57H91FN6O13. The number of aromatic nitrogens is 4. The van der Waals surface area contributed by atoms with Crippen LogP contribution in [0.5, 0.6) is 0 Å². The van der Waals surface area contributed by atoms with Crippen molar-refractivity contribution in [2.45, 2.75) is 211 Å². The lowest BCUT2D eigenvalue weighted by atomic mass is 9.77. The van der Waals surface area contributed by atoms with E-state index in [0.29, 0.717) is 43.7 Å². The highest BCUT2D eigenvalue weighted by atomic mass is 19.1. The van der Waals surface area contributed by atoms with Crippen molar-refractivity contribution in [3.05, 3.63) is 65.7 Å². The van der Waals surface area contributed by atoms with Gasteiger partial charge in [-0.1, -0.05) is 56.3 Å². The van der Waals surface area contributed by atoms with E-state index in [-0.39, 0.29) is 43.9 Å². The van der Waals surface area contributed by atoms with Crippen LogP contribution >= 0.6 is 0 Å². The molecule has 0 amide bonds. The van der Waals surface area contributed by atoms with Crippen LogP contribution in [0.4, 0.5) is 4.39 Å². The number of methoxy groups -OCH3 is 2. The smallest absolute Gasteiger partial charge is 0.311 e. The highest BCUT2D eigenvalue weighted by Gasteiger charge is 2.52. The maximum absolute atomic E-state index is 15.0. The number of ether oxygens (including phenoxy) is 7. The summed E-state index contributed by atoms with van der Waals surface area (Å²) >= 11 is 0. The van der Waals surface area contributed by atoms with Gasteiger partial charge in [0.25, 0.3) is 0 Å². The minimum Gasteiger partial charge on any atom is -0.459 e. The van der Waals surface area contributed by atoms with Crippen molar-refractivity contribution in [2.75, 3.05) is 48.1 Å². The van der Waals surface area contributed by atoms with Crippen LogP contribution in [-0.4, -0.2) is 194 Å². The fourth-order valence-corrected chi connectivity index (χ4v) is 12.0. The van der Waals surface area contributed by atoms with E-state index in [4.69, 9.17) is 33.2 Å². The van der Waals surface area contributed by atoms with Gasteiger partial charge in [0.15, 0.2) is 12.6 Å². The highest BCUT2D eigenvalue weighted by molar-refractivity contribution is 5.73. The number of carbonyl (C=O) groups is 1. The third kappa shape index (κ3) is 14.9. The first-order chi connectivity index (χ1) is 36.3. The zero-order chi connectivity index (χ0) is 56.7.